The van der Waals surface area contributed by atoms with Crippen molar-refractivity contribution < 1.29 is 5.11 Å². The molecule has 1 unspecified atom stereocenters. The van der Waals surface area contributed by atoms with Crippen LogP contribution in [0.5, 0.6) is 0 Å². The molecule has 0 saturated heterocycles. The van der Waals surface area contributed by atoms with Crippen molar-refractivity contribution in [1.82, 2.24) is 5.01 Å². The summed E-state index contributed by atoms with van der Waals surface area (Å²) in [7, 11) is 1.76. The second-order valence-corrected chi connectivity index (χ2v) is 2.66. The van der Waals surface area contributed by atoms with Crippen molar-refractivity contribution in [2.24, 2.45) is 11.8 Å². The highest BCUT2D eigenvalue weighted by atomic mass is 16.3. The standard InChI is InChI=1S/C6H16N2O/c1-5(2)6(4-9)8(3)7/h5-6,9H,4,7H2,1-3H3. The topological polar surface area (TPSA) is 49.5 Å². The van der Waals surface area contributed by atoms with Crippen LogP contribution in [0.25, 0.3) is 0 Å². The fourth-order valence-corrected chi connectivity index (χ4v) is 0.810. The first-order valence-electron chi connectivity index (χ1n) is 3.18. The number of nitrogens with two attached hydrogens (primary N) is 1. The first kappa shape index (κ1) is 8.88. The molecule has 0 spiro atoms. The molecule has 3 nitrogen and oxygen atoms in total. The van der Waals surface area contributed by atoms with Crippen LogP contribution in [-0.2, 0) is 0 Å². The van der Waals surface area contributed by atoms with Crippen molar-refractivity contribution in [3.8, 4) is 0 Å². The van der Waals surface area contributed by atoms with E-state index < -0.39 is 0 Å². The van der Waals surface area contributed by atoms with Gasteiger partial charge in [0.25, 0.3) is 0 Å². The van der Waals surface area contributed by atoms with Gasteiger partial charge in [-0.25, -0.2) is 5.01 Å². The van der Waals surface area contributed by atoms with E-state index in [9.17, 15) is 0 Å². The van der Waals surface area contributed by atoms with E-state index in [1.807, 2.05) is 13.8 Å². The van der Waals surface area contributed by atoms with Gasteiger partial charge in [-0.1, -0.05) is 13.8 Å². The molecule has 3 N–H and O–H groups in total. The van der Waals surface area contributed by atoms with Crippen LogP contribution in [-0.4, -0.2) is 29.8 Å². The van der Waals surface area contributed by atoms with Gasteiger partial charge in [0, 0.05) is 13.1 Å². The van der Waals surface area contributed by atoms with Gasteiger partial charge >= 0.3 is 0 Å². The number of nitrogens with zero attached hydrogens (tertiary/aromatic N) is 1. The van der Waals surface area contributed by atoms with Gasteiger partial charge in [-0.05, 0) is 5.92 Å². The predicted octanol–water partition coefficient (Wildman–Crippen LogP) is -0.191. The first-order valence-corrected chi connectivity index (χ1v) is 3.18. The molecule has 0 rings (SSSR count). The molecule has 0 aromatic rings. The van der Waals surface area contributed by atoms with Gasteiger partial charge in [0.15, 0.2) is 0 Å². The van der Waals surface area contributed by atoms with E-state index in [1.165, 1.54) is 0 Å². The predicted molar refractivity (Wildman–Crippen MR) is 37.7 cm³/mol. The lowest BCUT2D eigenvalue weighted by Gasteiger charge is -2.24. The van der Waals surface area contributed by atoms with Crippen molar-refractivity contribution in [2.45, 2.75) is 19.9 Å². The quantitative estimate of drug-likeness (QED) is 0.413. The average molecular weight is 132 g/mol. The zero-order chi connectivity index (χ0) is 7.44. The molecule has 0 aromatic heterocycles. The fourth-order valence-electron chi connectivity index (χ4n) is 0.810. The van der Waals surface area contributed by atoms with Gasteiger partial charge < -0.3 is 5.11 Å². The van der Waals surface area contributed by atoms with Crippen molar-refractivity contribution in [1.29, 1.82) is 0 Å². The van der Waals surface area contributed by atoms with E-state index in [1.54, 1.807) is 12.1 Å². The third-order valence-corrected chi connectivity index (χ3v) is 1.48. The smallest absolute Gasteiger partial charge is 0.0603 e. The Morgan fingerprint density at radius 3 is 2.00 bits per heavy atom. The van der Waals surface area contributed by atoms with Crippen LogP contribution < -0.4 is 5.84 Å². The average Bonchev–Trinajstić information content (AvgIpc) is 1.64. The lowest BCUT2D eigenvalue weighted by atomic mass is 10.1. The number of hydrazine groups is 1. The summed E-state index contributed by atoms with van der Waals surface area (Å²) < 4.78 is 0. The van der Waals surface area contributed by atoms with Crippen LogP contribution in [0.2, 0.25) is 0 Å². The van der Waals surface area contributed by atoms with Crippen molar-refractivity contribution in [2.75, 3.05) is 13.7 Å². The van der Waals surface area contributed by atoms with E-state index in [4.69, 9.17) is 10.9 Å². The molecule has 0 bridgehead atoms. The van der Waals surface area contributed by atoms with E-state index in [2.05, 4.69) is 0 Å². The minimum Gasteiger partial charge on any atom is -0.395 e. The van der Waals surface area contributed by atoms with Crippen LogP contribution in [0.1, 0.15) is 13.8 Å². The Labute approximate surface area is 56.4 Å². The SMILES string of the molecule is CC(C)C(CO)N(C)N. The van der Waals surface area contributed by atoms with Crippen LogP contribution in [0, 0.1) is 5.92 Å². The highest BCUT2D eigenvalue weighted by molar-refractivity contribution is 4.66. The van der Waals surface area contributed by atoms with Crippen LogP contribution >= 0.6 is 0 Å². The molecular formula is C6H16N2O. The Morgan fingerprint density at radius 2 is 2.00 bits per heavy atom. The minimum atomic E-state index is 0.0880. The Morgan fingerprint density at radius 1 is 1.56 bits per heavy atom. The molecule has 9 heavy (non-hydrogen) atoms. The van der Waals surface area contributed by atoms with Gasteiger partial charge in [0.05, 0.1) is 6.61 Å². The summed E-state index contributed by atoms with van der Waals surface area (Å²) in [6.07, 6.45) is 0. The molecule has 0 amide bonds. The zero-order valence-electron chi connectivity index (χ0n) is 6.33. The Bertz CT molecular complexity index is 65.5. The monoisotopic (exact) mass is 132 g/mol. The number of rotatable bonds is 3. The van der Waals surface area contributed by atoms with Crippen LogP contribution in [0.15, 0.2) is 0 Å². The molecule has 0 fully saturated rings. The number of aliphatic hydroxyl groups is 1. The lowest BCUT2D eigenvalue weighted by Crippen LogP contribution is -2.43. The molecule has 0 aliphatic rings. The highest BCUT2D eigenvalue weighted by Crippen LogP contribution is 2.03. The maximum atomic E-state index is 8.75. The summed E-state index contributed by atoms with van der Waals surface area (Å²) in [6, 6.07) is 0.0880. The van der Waals surface area contributed by atoms with Crippen LogP contribution in [0.4, 0.5) is 0 Å². The zero-order valence-corrected chi connectivity index (χ0v) is 6.33. The molecule has 0 saturated carbocycles. The highest BCUT2D eigenvalue weighted by Gasteiger charge is 2.13. The normalized spacial score (nSPS) is 15.0. The molecule has 0 aliphatic carbocycles. The van der Waals surface area contributed by atoms with Gasteiger partial charge in [-0.15, -0.1) is 0 Å². The number of likely N-dealkylation sites (N-methyl/N-ethyl adjacent to an activating group) is 1. The minimum absolute atomic E-state index is 0.0880. The largest absolute Gasteiger partial charge is 0.395 e. The Kier molecular flexibility index (Phi) is 3.77. The summed E-state index contributed by atoms with van der Waals surface area (Å²) in [5.74, 6) is 5.83. The molecule has 56 valence electrons. The third-order valence-electron chi connectivity index (χ3n) is 1.48. The molecule has 0 heterocycles. The maximum absolute atomic E-state index is 8.75. The van der Waals surface area contributed by atoms with Crippen molar-refractivity contribution in [3.05, 3.63) is 0 Å². The van der Waals surface area contributed by atoms with Gasteiger partial charge in [-0.3, -0.25) is 5.84 Å². The molecule has 3 heteroatoms. The Hall–Kier alpha value is -0.120. The second-order valence-electron chi connectivity index (χ2n) is 2.66. The summed E-state index contributed by atoms with van der Waals surface area (Å²) in [5, 5.41) is 10.3. The van der Waals surface area contributed by atoms with E-state index in [0.717, 1.165) is 0 Å². The summed E-state index contributed by atoms with van der Waals surface area (Å²) >= 11 is 0. The van der Waals surface area contributed by atoms with E-state index in [0.29, 0.717) is 5.92 Å². The van der Waals surface area contributed by atoms with Gasteiger partial charge in [0.1, 0.15) is 0 Å². The summed E-state index contributed by atoms with van der Waals surface area (Å²) in [5.41, 5.74) is 0. The second kappa shape index (κ2) is 3.82. The van der Waals surface area contributed by atoms with Gasteiger partial charge in [0.2, 0.25) is 0 Å². The van der Waals surface area contributed by atoms with Crippen molar-refractivity contribution in [3.63, 3.8) is 0 Å². The molecule has 0 aliphatic heterocycles. The number of hydrogen-bond donors (Lipinski definition) is 2. The number of hydrogen-bond acceptors (Lipinski definition) is 3. The first-order chi connectivity index (χ1) is 4.09. The molecular weight excluding hydrogens is 116 g/mol. The molecule has 1 atom stereocenters. The van der Waals surface area contributed by atoms with Crippen molar-refractivity contribution >= 4 is 0 Å². The molecule has 0 radical (unpaired) electrons. The van der Waals surface area contributed by atoms with Gasteiger partial charge in [-0.2, -0.15) is 0 Å². The maximum Gasteiger partial charge on any atom is 0.0603 e. The number of aliphatic hydroxyl groups excluding tert-OH is 1. The Balaban J connectivity index is 3.68. The van der Waals surface area contributed by atoms with Crippen LogP contribution in [0.3, 0.4) is 0 Å². The summed E-state index contributed by atoms with van der Waals surface area (Å²) in [6.45, 7) is 4.19. The lowest BCUT2D eigenvalue weighted by molar-refractivity contribution is 0.114. The van der Waals surface area contributed by atoms with E-state index >= 15 is 0 Å². The fraction of sp³-hybridized carbons (Fsp3) is 1.00. The van der Waals surface area contributed by atoms with E-state index in [-0.39, 0.29) is 12.6 Å². The summed E-state index contributed by atoms with van der Waals surface area (Å²) in [4.78, 5) is 0. The third kappa shape index (κ3) is 2.79. The molecule has 0 aromatic carbocycles.